The molecule has 1 aromatic carbocycles. The Morgan fingerprint density at radius 2 is 1.75 bits per heavy atom. The molecule has 1 amide bonds. The second kappa shape index (κ2) is 6.71. The van der Waals surface area contributed by atoms with Crippen LogP contribution in [-0.2, 0) is 14.8 Å². The van der Waals surface area contributed by atoms with Crippen LogP contribution in [0.3, 0.4) is 0 Å². The molecule has 0 bridgehead atoms. The molecular formula is C13H21N3O3S. The molecule has 0 radical (unpaired) electrons. The summed E-state index contributed by atoms with van der Waals surface area (Å²) >= 11 is 0. The van der Waals surface area contributed by atoms with Gasteiger partial charge in [0.05, 0.1) is 11.7 Å². The molecule has 0 spiro atoms. The van der Waals surface area contributed by atoms with Crippen LogP contribution >= 0.6 is 0 Å². The summed E-state index contributed by atoms with van der Waals surface area (Å²) in [6, 6.07) is 5.63. The zero-order valence-electron chi connectivity index (χ0n) is 12.1. The third kappa shape index (κ3) is 4.21. The molecule has 0 heterocycles. The number of carbonyl (C=O) groups excluding carboxylic acids is 1. The summed E-state index contributed by atoms with van der Waals surface area (Å²) in [5, 5.41) is 5.48. The van der Waals surface area contributed by atoms with Crippen molar-refractivity contribution in [3.8, 4) is 0 Å². The van der Waals surface area contributed by atoms with Crippen LogP contribution in [0, 0.1) is 0 Å². The van der Waals surface area contributed by atoms with Crippen molar-refractivity contribution in [2.24, 2.45) is 0 Å². The van der Waals surface area contributed by atoms with Crippen molar-refractivity contribution in [3.05, 3.63) is 24.3 Å². The van der Waals surface area contributed by atoms with Crippen LogP contribution in [0.2, 0.25) is 0 Å². The summed E-state index contributed by atoms with van der Waals surface area (Å²) in [5.41, 5.74) is 0.483. The molecule has 1 atom stereocenters. The average Bonchev–Trinajstić information content (AvgIpc) is 2.37. The summed E-state index contributed by atoms with van der Waals surface area (Å²) in [5.74, 6) is -0.356. The fourth-order valence-corrected chi connectivity index (χ4v) is 3.08. The summed E-state index contributed by atoms with van der Waals surface area (Å²) in [4.78, 5) is 11.9. The van der Waals surface area contributed by atoms with Crippen molar-refractivity contribution in [1.29, 1.82) is 0 Å². The minimum atomic E-state index is -3.76. The van der Waals surface area contributed by atoms with E-state index >= 15 is 0 Å². The Hall–Kier alpha value is -1.60. The second-order valence-corrected chi connectivity index (χ2v) is 6.43. The molecule has 3 N–H and O–H groups in total. The molecule has 1 aromatic rings. The highest BCUT2D eigenvalue weighted by molar-refractivity contribution is 7.89. The van der Waals surface area contributed by atoms with Crippen molar-refractivity contribution in [2.75, 3.05) is 12.4 Å². The minimum absolute atomic E-state index is 0.0425. The molecule has 0 aliphatic heterocycles. The van der Waals surface area contributed by atoms with Gasteiger partial charge in [0.15, 0.2) is 0 Å². The van der Waals surface area contributed by atoms with Gasteiger partial charge in [0.2, 0.25) is 15.9 Å². The van der Waals surface area contributed by atoms with E-state index < -0.39 is 16.1 Å². The first-order valence-corrected chi connectivity index (χ1v) is 7.85. The standard InChI is InChI=1S/C13H21N3O3S/c1-9(2)15-13(17)10(3)16-20(18,19)12-8-6-5-7-11(12)14-4/h5-10,14,16H,1-4H3,(H,15,17). The Morgan fingerprint density at radius 1 is 1.15 bits per heavy atom. The third-order valence-corrected chi connectivity index (χ3v) is 4.20. The first-order chi connectivity index (χ1) is 9.27. The quantitative estimate of drug-likeness (QED) is 0.729. The van der Waals surface area contributed by atoms with Crippen molar-refractivity contribution in [1.82, 2.24) is 10.0 Å². The highest BCUT2D eigenvalue weighted by Crippen LogP contribution is 2.20. The van der Waals surface area contributed by atoms with E-state index in [1.807, 2.05) is 13.8 Å². The Labute approximate surface area is 120 Å². The Kier molecular flexibility index (Phi) is 5.52. The van der Waals surface area contributed by atoms with Crippen LogP contribution in [0.25, 0.3) is 0 Å². The van der Waals surface area contributed by atoms with Crippen LogP contribution in [0.1, 0.15) is 20.8 Å². The minimum Gasteiger partial charge on any atom is -0.387 e. The van der Waals surface area contributed by atoms with Gasteiger partial charge in [0.1, 0.15) is 4.90 Å². The number of anilines is 1. The van der Waals surface area contributed by atoms with Crippen LogP contribution in [0.15, 0.2) is 29.2 Å². The number of benzene rings is 1. The van der Waals surface area contributed by atoms with Crippen molar-refractivity contribution < 1.29 is 13.2 Å². The van der Waals surface area contributed by atoms with E-state index in [1.54, 1.807) is 25.2 Å². The molecule has 7 heteroatoms. The monoisotopic (exact) mass is 299 g/mol. The maximum atomic E-state index is 12.3. The lowest BCUT2D eigenvalue weighted by Gasteiger charge is -2.17. The van der Waals surface area contributed by atoms with E-state index in [9.17, 15) is 13.2 Å². The fourth-order valence-electron chi connectivity index (χ4n) is 1.67. The molecule has 1 rings (SSSR count). The molecule has 6 nitrogen and oxygen atoms in total. The number of nitrogens with one attached hydrogen (secondary N) is 3. The molecule has 0 saturated heterocycles. The second-order valence-electron chi connectivity index (χ2n) is 4.75. The maximum absolute atomic E-state index is 12.3. The van der Waals surface area contributed by atoms with Gasteiger partial charge in [-0.2, -0.15) is 4.72 Å². The van der Waals surface area contributed by atoms with E-state index in [-0.39, 0.29) is 16.8 Å². The van der Waals surface area contributed by atoms with Crippen LogP contribution in [0.4, 0.5) is 5.69 Å². The largest absolute Gasteiger partial charge is 0.387 e. The smallest absolute Gasteiger partial charge is 0.243 e. The Balaban J connectivity index is 2.92. The van der Waals surface area contributed by atoms with Crippen molar-refractivity contribution in [3.63, 3.8) is 0 Å². The SMILES string of the molecule is CNc1ccccc1S(=O)(=O)NC(C)C(=O)NC(C)C. The molecule has 0 saturated carbocycles. The van der Waals surface area contributed by atoms with Crippen molar-refractivity contribution in [2.45, 2.75) is 37.8 Å². The predicted molar refractivity (Wildman–Crippen MR) is 79.1 cm³/mol. The molecular weight excluding hydrogens is 278 g/mol. The Bertz CT molecular complexity index is 570. The summed E-state index contributed by atoms with van der Waals surface area (Å²) in [6.07, 6.45) is 0. The molecule has 0 aliphatic carbocycles. The van der Waals surface area contributed by atoms with E-state index in [1.165, 1.54) is 13.0 Å². The number of hydrogen-bond donors (Lipinski definition) is 3. The van der Waals surface area contributed by atoms with Gasteiger partial charge in [-0.3, -0.25) is 4.79 Å². The summed E-state index contributed by atoms with van der Waals surface area (Å²) < 4.78 is 26.9. The van der Waals surface area contributed by atoms with E-state index in [2.05, 4.69) is 15.4 Å². The lowest BCUT2D eigenvalue weighted by molar-refractivity contribution is -0.122. The summed E-state index contributed by atoms with van der Waals surface area (Å²) in [7, 11) is -2.11. The zero-order valence-corrected chi connectivity index (χ0v) is 12.9. The first kappa shape index (κ1) is 16.5. The van der Waals surface area contributed by atoms with Gasteiger partial charge in [0.25, 0.3) is 0 Å². The topological polar surface area (TPSA) is 87.3 Å². The first-order valence-electron chi connectivity index (χ1n) is 6.37. The van der Waals surface area contributed by atoms with Gasteiger partial charge >= 0.3 is 0 Å². The number of rotatable bonds is 6. The number of amides is 1. The molecule has 0 aliphatic rings. The average molecular weight is 299 g/mol. The highest BCUT2D eigenvalue weighted by Gasteiger charge is 2.24. The van der Waals surface area contributed by atoms with E-state index in [0.29, 0.717) is 5.69 Å². The Morgan fingerprint density at radius 3 is 2.30 bits per heavy atom. The summed E-state index contributed by atoms with van der Waals surface area (Å²) in [6.45, 7) is 5.14. The predicted octanol–water partition coefficient (Wildman–Crippen LogP) is 0.920. The number of carbonyl (C=O) groups is 1. The number of para-hydroxylation sites is 1. The lowest BCUT2D eigenvalue weighted by atomic mass is 10.3. The van der Waals surface area contributed by atoms with Gasteiger partial charge in [-0.15, -0.1) is 0 Å². The van der Waals surface area contributed by atoms with E-state index in [4.69, 9.17) is 0 Å². The van der Waals surface area contributed by atoms with E-state index in [0.717, 1.165) is 0 Å². The number of sulfonamides is 1. The molecule has 0 fully saturated rings. The molecule has 0 aromatic heterocycles. The molecule has 1 unspecified atom stereocenters. The molecule has 20 heavy (non-hydrogen) atoms. The fraction of sp³-hybridized carbons (Fsp3) is 0.462. The van der Waals surface area contributed by atoms with Gasteiger partial charge in [-0.05, 0) is 32.9 Å². The third-order valence-electron chi connectivity index (χ3n) is 2.60. The lowest BCUT2D eigenvalue weighted by Crippen LogP contribution is -2.46. The zero-order chi connectivity index (χ0) is 15.3. The highest BCUT2D eigenvalue weighted by atomic mass is 32.2. The van der Waals surface area contributed by atoms with Crippen LogP contribution in [0.5, 0.6) is 0 Å². The van der Waals surface area contributed by atoms with Gasteiger partial charge < -0.3 is 10.6 Å². The molecule has 112 valence electrons. The maximum Gasteiger partial charge on any atom is 0.243 e. The number of hydrogen-bond acceptors (Lipinski definition) is 4. The normalized spacial score (nSPS) is 13.1. The van der Waals surface area contributed by atoms with Crippen molar-refractivity contribution >= 4 is 21.6 Å². The van der Waals surface area contributed by atoms with Crippen LogP contribution < -0.4 is 15.4 Å². The van der Waals surface area contributed by atoms with Gasteiger partial charge in [-0.25, -0.2) is 8.42 Å². The van der Waals surface area contributed by atoms with Crippen LogP contribution in [-0.4, -0.2) is 33.5 Å². The van der Waals surface area contributed by atoms with Gasteiger partial charge in [-0.1, -0.05) is 12.1 Å². The van der Waals surface area contributed by atoms with Gasteiger partial charge in [0, 0.05) is 13.1 Å².